The van der Waals surface area contributed by atoms with Gasteiger partial charge in [-0.15, -0.1) is 0 Å². The lowest BCUT2D eigenvalue weighted by Gasteiger charge is -2.17. The average molecular weight is 269 g/mol. The second kappa shape index (κ2) is 4.56. The average Bonchev–Trinajstić information content (AvgIpc) is 2.66. The van der Waals surface area contributed by atoms with E-state index < -0.39 is 11.7 Å². The Kier molecular flexibility index (Phi) is 2.86. The van der Waals surface area contributed by atoms with Gasteiger partial charge in [-0.2, -0.15) is 0 Å². The summed E-state index contributed by atoms with van der Waals surface area (Å²) in [4.78, 5) is 25.3. The smallest absolute Gasteiger partial charge is 0.299 e. The van der Waals surface area contributed by atoms with E-state index in [1.165, 1.54) is 11.0 Å². The molecule has 0 N–H and O–H groups in total. The zero-order valence-corrected chi connectivity index (χ0v) is 10.9. The van der Waals surface area contributed by atoms with E-state index >= 15 is 0 Å². The van der Waals surface area contributed by atoms with Gasteiger partial charge in [0.2, 0.25) is 0 Å². The van der Waals surface area contributed by atoms with Gasteiger partial charge in [-0.1, -0.05) is 29.8 Å². The van der Waals surface area contributed by atoms with Crippen molar-refractivity contribution in [3.05, 3.63) is 65.0 Å². The lowest BCUT2D eigenvalue weighted by molar-refractivity contribution is -0.114. The summed E-state index contributed by atoms with van der Waals surface area (Å²) < 4.78 is 13.7. The molecule has 2 aromatic rings. The first kappa shape index (κ1) is 12.5. The highest BCUT2D eigenvalue weighted by atomic mass is 19.1. The Labute approximate surface area is 115 Å². The van der Waals surface area contributed by atoms with Crippen LogP contribution in [0.5, 0.6) is 0 Å². The number of anilines is 1. The van der Waals surface area contributed by atoms with Crippen LogP contribution in [0.15, 0.2) is 42.5 Å². The number of amides is 1. The first-order valence-electron chi connectivity index (χ1n) is 6.28. The summed E-state index contributed by atoms with van der Waals surface area (Å²) in [5.41, 5.74) is 2.25. The molecular formula is C16H12FNO2. The second-order valence-electron chi connectivity index (χ2n) is 4.83. The van der Waals surface area contributed by atoms with Gasteiger partial charge in [0.25, 0.3) is 11.7 Å². The van der Waals surface area contributed by atoms with E-state index in [9.17, 15) is 14.0 Å². The Morgan fingerprint density at radius 1 is 1.10 bits per heavy atom. The molecule has 20 heavy (non-hydrogen) atoms. The highest BCUT2D eigenvalue weighted by Gasteiger charge is 2.35. The van der Waals surface area contributed by atoms with Gasteiger partial charge in [0.15, 0.2) is 0 Å². The van der Waals surface area contributed by atoms with Crippen molar-refractivity contribution >= 4 is 17.4 Å². The van der Waals surface area contributed by atoms with Crippen molar-refractivity contribution in [1.82, 2.24) is 0 Å². The topological polar surface area (TPSA) is 37.4 Å². The van der Waals surface area contributed by atoms with Crippen molar-refractivity contribution in [2.75, 3.05) is 4.90 Å². The third-order valence-electron chi connectivity index (χ3n) is 3.41. The van der Waals surface area contributed by atoms with Crippen molar-refractivity contribution in [3.8, 4) is 0 Å². The van der Waals surface area contributed by atoms with Gasteiger partial charge < -0.3 is 4.90 Å². The predicted molar refractivity (Wildman–Crippen MR) is 73.1 cm³/mol. The van der Waals surface area contributed by atoms with Gasteiger partial charge in [-0.3, -0.25) is 9.59 Å². The number of hydrogen-bond donors (Lipinski definition) is 0. The van der Waals surface area contributed by atoms with E-state index in [1.54, 1.807) is 30.3 Å². The minimum atomic E-state index is -0.603. The minimum absolute atomic E-state index is 0.0628. The largest absolute Gasteiger partial charge is 0.300 e. The number of ketones is 1. The van der Waals surface area contributed by atoms with Crippen molar-refractivity contribution in [2.45, 2.75) is 13.5 Å². The van der Waals surface area contributed by atoms with E-state index in [1.807, 2.05) is 13.0 Å². The molecule has 0 saturated heterocycles. The summed E-state index contributed by atoms with van der Waals surface area (Å²) in [6.45, 7) is 1.92. The van der Waals surface area contributed by atoms with Crippen LogP contribution in [0.1, 0.15) is 21.5 Å². The number of carbonyl (C=O) groups is 2. The molecule has 0 atom stereocenters. The first-order chi connectivity index (χ1) is 9.58. The molecule has 1 heterocycles. The molecule has 0 fully saturated rings. The van der Waals surface area contributed by atoms with E-state index in [0.717, 1.165) is 5.56 Å². The Morgan fingerprint density at radius 2 is 1.85 bits per heavy atom. The quantitative estimate of drug-likeness (QED) is 0.786. The monoisotopic (exact) mass is 269 g/mol. The van der Waals surface area contributed by atoms with E-state index in [4.69, 9.17) is 0 Å². The number of aryl methyl sites for hydroxylation is 1. The van der Waals surface area contributed by atoms with Crippen LogP contribution in [-0.4, -0.2) is 11.7 Å². The van der Waals surface area contributed by atoms with E-state index in [2.05, 4.69) is 0 Å². The van der Waals surface area contributed by atoms with Crippen molar-refractivity contribution in [2.24, 2.45) is 0 Å². The second-order valence-corrected chi connectivity index (χ2v) is 4.83. The molecule has 0 saturated carbocycles. The molecule has 0 spiro atoms. The number of halogens is 1. The fraction of sp³-hybridized carbons (Fsp3) is 0.125. The molecular weight excluding hydrogens is 257 g/mol. The summed E-state index contributed by atoms with van der Waals surface area (Å²) in [7, 11) is 0. The minimum Gasteiger partial charge on any atom is -0.300 e. The molecule has 0 bridgehead atoms. The third kappa shape index (κ3) is 1.90. The molecule has 1 aliphatic heterocycles. The van der Waals surface area contributed by atoms with Crippen LogP contribution < -0.4 is 4.90 Å². The maximum atomic E-state index is 13.7. The Balaban J connectivity index is 2.02. The number of nitrogens with zero attached hydrogens (tertiary/aromatic N) is 1. The molecule has 0 radical (unpaired) electrons. The number of benzene rings is 2. The number of Topliss-reactive ketones (excluding diaryl/α,β-unsaturated/α-hetero) is 1. The number of hydrogen-bond acceptors (Lipinski definition) is 2. The van der Waals surface area contributed by atoms with Crippen LogP contribution >= 0.6 is 0 Å². The zero-order valence-electron chi connectivity index (χ0n) is 10.9. The lowest BCUT2D eigenvalue weighted by Crippen LogP contribution is -2.29. The van der Waals surface area contributed by atoms with E-state index in [0.29, 0.717) is 16.8 Å². The van der Waals surface area contributed by atoms with Gasteiger partial charge in [-0.25, -0.2) is 4.39 Å². The SMILES string of the molecule is Cc1ccc2c(c1)C(=O)C(=O)N2Cc1ccccc1F. The molecule has 0 unspecified atom stereocenters. The van der Waals surface area contributed by atoms with Crippen molar-refractivity contribution < 1.29 is 14.0 Å². The summed E-state index contributed by atoms with van der Waals surface area (Å²) >= 11 is 0. The van der Waals surface area contributed by atoms with Gasteiger partial charge in [0.05, 0.1) is 17.8 Å². The van der Waals surface area contributed by atoms with Crippen LogP contribution in [0.3, 0.4) is 0 Å². The third-order valence-corrected chi connectivity index (χ3v) is 3.41. The Hall–Kier alpha value is -2.49. The number of fused-ring (bicyclic) bond motifs is 1. The van der Waals surface area contributed by atoms with Crippen LogP contribution in [0.25, 0.3) is 0 Å². The molecule has 1 aliphatic rings. The molecule has 4 heteroatoms. The molecule has 1 amide bonds. The Morgan fingerprint density at radius 3 is 2.60 bits per heavy atom. The molecule has 100 valence electrons. The van der Waals surface area contributed by atoms with Crippen molar-refractivity contribution in [1.29, 1.82) is 0 Å². The molecule has 3 nitrogen and oxygen atoms in total. The predicted octanol–water partition coefficient (Wildman–Crippen LogP) is 2.86. The van der Waals surface area contributed by atoms with Gasteiger partial charge in [0, 0.05) is 5.56 Å². The van der Waals surface area contributed by atoms with Crippen LogP contribution in [0.2, 0.25) is 0 Å². The zero-order chi connectivity index (χ0) is 14.3. The summed E-state index contributed by atoms with van der Waals surface area (Å²) in [6.07, 6.45) is 0. The van der Waals surface area contributed by atoms with Gasteiger partial charge in [-0.05, 0) is 25.1 Å². The van der Waals surface area contributed by atoms with Crippen LogP contribution in [-0.2, 0) is 11.3 Å². The fourth-order valence-electron chi connectivity index (χ4n) is 2.37. The molecule has 0 aromatic heterocycles. The molecule has 2 aromatic carbocycles. The van der Waals surface area contributed by atoms with Crippen molar-refractivity contribution in [3.63, 3.8) is 0 Å². The normalized spacial score (nSPS) is 13.8. The molecule has 3 rings (SSSR count). The standard InChI is InChI=1S/C16H12FNO2/c1-10-6-7-14-12(8-10)15(19)16(20)18(14)9-11-4-2-3-5-13(11)17/h2-8H,9H2,1H3. The maximum Gasteiger partial charge on any atom is 0.299 e. The number of rotatable bonds is 2. The Bertz CT molecular complexity index is 724. The summed E-state index contributed by atoms with van der Waals surface area (Å²) in [6, 6.07) is 11.5. The lowest BCUT2D eigenvalue weighted by atomic mass is 10.1. The molecule has 0 aliphatic carbocycles. The summed E-state index contributed by atoms with van der Waals surface area (Å²) in [5, 5.41) is 0. The fourth-order valence-corrected chi connectivity index (χ4v) is 2.37. The summed E-state index contributed by atoms with van der Waals surface area (Å²) in [5.74, 6) is -1.51. The maximum absolute atomic E-state index is 13.7. The van der Waals surface area contributed by atoms with Gasteiger partial charge in [0.1, 0.15) is 5.82 Å². The highest BCUT2D eigenvalue weighted by Crippen LogP contribution is 2.31. The van der Waals surface area contributed by atoms with E-state index in [-0.39, 0.29) is 12.4 Å². The first-order valence-corrected chi connectivity index (χ1v) is 6.28. The highest BCUT2D eigenvalue weighted by molar-refractivity contribution is 6.52. The van der Waals surface area contributed by atoms with Gasteiger partial charge >= 0.3 is 0 Å². The number of carbonyl (C=O) groups excluding carboxylic acids is 2. The van der Waals surface area contributed by atoms with Crippen LogP contribution in [0, 0.1) is 12.7 Å². The van der Waals surface area contributed by atoms with Crippen LogP contribution in [0.4, 0.5) is 10.1 Å².